The summed E-state index contributed by atoms with van der Waals surface area (Å²) in [6.07, 6.45) is 0.234. The highest BCUT2D eigenvalue weighted by Crippen LogP contribution is 1.99. The average Bonchev–Trinajstić information content (AvgIpc) is 1.63. The summed E-state index contributed by atoms with van der Waals surface area (Å²) in [7, 11) is -1.78. The zero-order valence-corrected chi connectivity index (χ0v) is 5.66. The van der Waals surface area contributed by atoms with Crippen molar-refractivity contribution in [3.63, 3.8) is 0 Å². The second-order valence-electron chi connectivity index (χ2n) is 2.44. The highest BCUT2D eigenvalue weighted by molar-refractivity contribution is 6.78. The van der Waals surface area contributed by atoms with Gasteiger partial charge in [-0.2, -0.15) is 0 Å². The Hall–Kier alpha value is -0.345. The third-order valence-electron chi connectivity index (χ3n) is 0.897. The van der Waals surface area contributed by atoms with Crippen LogP contribution >= 0.6 is 0 Å². The predicted octanol–water partition coefficient (Wildman–Crippen LogP) is -0.386. The van der Waals surface area contributed by atoms with Gasteiger partial charge < -0.3 is 14.8 Å². The summed E-state index contributed by atoms with van der Waals surface area (Å²) in [5, 5.41) is 16.6. The van der Waals surface area contributed by atoms with Crippen LogP contribution in [0.25, 0.3) is 0 Å². The van der Waals surface area contributed by atoms with Crippen molar-refractivity contribution in [1.82, 2.24) is 0 Å². The topological polar surface area (TPSA) is 57.5 Å². The summed E-state index contributed by atoms with van der Waals surface area (Å²) in [6, 6.07) is 0. The van der Waals surface area contributed by atoms with Crippen LogP contribution in [0.2, 0.25) is 0 Å². The van der Waals surface area contributed by atoms with Crippen LogP contribution in [0.1, 0.15) is 20.3 Å². The van der Waals surface area contributed by atoms with Gasteiger partial charge in [-0.25, -0.2) is 0 Å². The van der Waals surface area contributed by atoms with E-state index in [-0.39, 0.29) is 12.3 Å². The minimum Gasteiger partial charge on any atom is -0.421 e. The van der Waals surface area contributed by atoms with Gasteiger partial charge in [-0.05, 0) is 5.92 Å². The maximum absolute atomic E-state index is 10.5. The number of hydrogen-bond donors (Lipinski definition) is 2. The lowest BCUT2D eigenvalue weighted by Crippen LogP contribution is -2.26. The van der Waals surface area contributed by atoms with Crippen LogP contribution in [0.15, 0.2) is 0 Å². The molecule has 0 radical (unpaired) electrons. The molecule has 0 heterocycles. The zero-order chi connectivity index (χ0) is 7.44. The lowest BCUT2D eigenvalue weighted by atomic mass is 9.80. The Kier molecular flexibility index (Phi) is 3.50. The summed E-state index contributed by atoms with van der Waals surface area (Å²) >= 11 is 0. The average molecular weight is 130 g/mol. The SMILES string of the molecule is CC(C)CC(=O)B(O)O. The molecule has 0 saturated carbocycles. The quantitative estimate of drug-likeness (QED) is 0.511. The van der Waals surface area contributed by atoms with Crippen LogP contribution in [0, 0.1) is 5.92 Å². The molecular formula is C5H11BO3. The first-order chi connectivity index (χ1) is 4.04. The van der Waals surface area contributed by atoms with Gasteiger partial charge in [0, 0.05) is 6.42 Å². The van der Waals surface area contributed by atoms with Gasteiger partial charge in [-0.1, -0.05) is 13.8 Å². The van der Waals surface area contributed by atoms with Gasteiger partial charge in [0.25, 0.3) is 0 Å². The van der Waals surface area contributed by atoms with Crippen molar-refractivity contribution in [1.29, 1.82) is 0 Å². The molecule has 2 N–H and O–H groups in total. The Balaban J connectivity index is 3.51. The number of rotatable bonds is 3. The Morgan fingerprint density at radius 1 is 1.56 bits per heavy atom. The van der Waals surface area contributed by atoms with E-state index in [1.54, 1.807) is 0 Å². The van der Waals surface area contributed by atoms with Gasteiger partial charge in [0.2, 0.25) is 0 Å². The standard InChI is InChI=1S/C5H11BO3/c1-4(2)3-5(7)6(8)9/h4,8-9H,3H2,1-2H3. The van der Waals surface area contributed by atoms with Gasteiger partial charge >= 0.3 is 7.12 Å². The summed E-state index contributed by atoms with van der Waals surface area (Å²) in [5.41, 5.74) is -0.509. The Morgan fingerprint density at radius 2 is 2.00 bits per heavy atom. The molecule has 0 fully saturated rings. The Morgan fingerprint density at radius 3 is 2.11 bits per heavy atom. The van der Waals surface area contributed by atoms with Crippen LogP contribution in [-0.2, 0) is 4.79 Å². The Labute approximate surface area is 54.8 Å². The summed E-state index contributed by atoms with van der Waals surface area (Å²) in [4.78, 5) is 10.5. The highest BCUT2D eigenvalue weighted by atomic mass is 16.4. The third kappa shape index (κ3) is 4.18. The second-order valence-corrected chi connectivity index (χ2v) is 2.44. The van der Waals surface area contributed by atoms with Crippen LogP contribution < -0.4 is 0 Å². The van der Waals surface area contributed by atoms with Crippen molar-refractivity contribution in [2.24, 2.45) is 5.92 Å². The summed E-state index contributed by atoms with van der Waals surface area (Å²) in [5.74, 6) is 0.194. The van der Waals surface area contributed by atoms with Crippen LogP contribution in [-0.4, -0.2) is 22.8 Å². The molecule has 0 aromatic carbocycles. The smallest absolute Gasteiger partial charge is 0.421 e. The molecule has 0 bridgehead atoms. The number of hydrogen-bond acceptors (Lipinski definition) is 3. The molecule has 0 unspecified atom stereocenters. The summed E-state index contributed by atoms with van der Waals surface area (Å²) in [6.45, 7) is 3.70. The van der Waals surface area contributed by atoms with Crippen molar-refractivity contribution in [2.75, 3.05) is 0 Å². The van der Waals surface area contributed by atoms with Gasteiger partial charge in [0.15, 0.2) is 5.68 Å². The summed E-state index contributed by atoms with van der Waals surface area (Å²) < 4.78 is 0. The van der Waals surface area contributed by atoms with E-state index in [0.717, 1.165) is 0 Å². The van der Waals surface area contributed by atoms with Crippen LogP contribution in [0.3, 0.4) is 0 Å². The lowest BCUT2D eigenvalue weighted by molar-refractivity contribution is -0.114. The molecule has 0 aliphatic carbocycles. The zero-order valence-electron chi connectivity index (χ0n) is 5.66. The van der Waals surface area contributed by atoms with Crippen LogP contribution in [0.5, 0.6) is 0 Å². The Bertz CT molecular complexity index is 100. The minimum absolute atomic E-state index is 0.194. The van der Waals surface area contributed by atoms with Crippen molar-refractivity contribution in [3.8, 4) is 0 Å². The first-order valence-corrected chi connectivity index (χ1v) is 2.93. The van der Waals surface area contributed by atoms with E-state index < -0.39 is 12.8 Å². The number of carbonyl (C=O) groups excluding carboxylic acids is 1. The maximum atomic E-state index is 10.5. The van der Waals surface area contributed by atoms with E-state index in [0.29, 0.717) is 0 Å². The molecule has 3 nitrogen and oxygen atoms in total. The fourth-order valence-electron chi connectivity index (χ4n) is 0.508. The van der Waals surface area contributed by atoms with E-state index >= 15 is 0 Å². The molecular weight excluding hydrogens is 119 g/mol. The van der Waals surface area contributed by atoms with Gasteiger partial charge in [0.1, 0.15) is 0 Å². The normalized spacial score (nSPS) is 9.89. The maximum Gasteiger partial charge on any atom is 0.526 e. The van der Waals surface area contributed by atoms with Crippen molar-refractivity contribution in [2.45, 2.75) is 20.3 Å². The van der Waals surface area contributed by atoms with E-state index in [1.807, 2.05) is 13.8 Å². The van der Waals surface area contributed by atoms with E-state index in [9.17, 15) is 4.79 Å². The van der Waals surface area contributed by atoms with Gasteiger partial charge in [0.05, 0.1) is 0 Å². The van der Waals surface area contributed by atoms with E-state index in [4.69, 9.17) is 10.0 Å². The third-order valence-corrected chi connectivity index (χ3v) is 0.897. The first kappa shape index (κ1) is 8.65. The van der Waals surface area contributed by atoms with Crippen molar-refractivity contribution in [3.05, 3.63) is 0 Å². The lowest BCUT2D eigenvalue weighted by Gasteiger charge is -2.00. The second kappa shape index (κ2) is 3.64. The fourth-order valence-corrected chi connectivity index (χ4v) is 0.508. The molecule has 0 aliphatic heterocycles. The largest absolute Gasteiger partial charge is 0.526 e. The number of carbonyl (C=O) groups is 1. The molecule has 4 heteroatoms. The predicted molar refractivity (Wildman–Crippen MR) is 34.7 cm³/mol. The van der Waals surface area contributed by atoms with Gasteiger partial charge in [-0.15, -0.1) is 0 Å². The molecule has 0 atom stereocenters. The molecule has 0 aromatic heterocycles. The molecule has 9 heavy (non-hydrogen) atoms. The molecule has 0 aliphatic rings. The molecule has 0 aromatic rings. The molecule has 0 spiro atoms. The van der Waals surface area contributed by atoms with E-state index in [2.05, 4.69) is 0 Å². The highest BCUT2D eigenvalue weighted by Gasteiger charge is 2.19. The fraction of sp³-hybridized carbons (Fsp3) is 0.800. The molecule has 52 valence electrons. The minimum atomic E-state index is -1.78. The molecule has 0 rings (SSSR count). The van der Waals surface area contributed by atoms with Crippen molar-refractivity contribution >= 4 is 12.8 Å². The first-order valence-electron chi connectivity index (χ1n) is 2.93. The van der Waals surface area contributed by atoms with Gasteiger partial charge in [-0.3, -0.25) is 0 Å². The van der Waals surface area contributed by atoms with Crippen LogP contribution in [0.4, 0.5) is 0 Å². The molecule has 0 amide bonds. The van der Waals surface area contributed by atoms with E-state index in [1.165, 1.54) is 0 Å². The monoisotopic (exact) mass is 130 g/mol. The molecule has 0 saturated heterocycles. The van der Waals surface area contributed by atoms with Crippen molar-refractivity contribution < 1.29 is 14.8 Å².